The molecule has 1 heterocycles. The van der Waals surface area contributed by atoms with Crippen LogP contribution < -0.4 is 14.2 Å². The Morgan fingerprint density at radius 1 is 1.03 bits per heavy atom. The minimum Gasteiger partial charge on any atom is -0.497 e. The summed E-state index contributed by atoms with van der Waals surface area (Å²) >= 11 is 0. The van der Waals surface area contributed by atoms with E-state index in [1.54, 1.807) is 54.5 Å². The maximum absolute atomic E-state index is 12.5. The second kappa shape index (κ2) is 10.6. The third-order valence-corrected chi connectivity index (χ3v) is 6.37. The van der Waals surface area contributed by atoms with Crippen molar-refractivity contribution >= 4 is 15.9 Å². The van der Waals surface area contributed by atoms with Gasteiger partial charge in [-0.05, 0) is 17.2 Å². The molecule has 0 unspecified atom stereocenters. The van der Waals surface area contributed by atoms with Crippen molar-refractivity contribution in [2.45, 2.75) is 18.7 Å². The molecule has 0 aliphatic carbocycles. The molecule has 0 aromatic heterocycles. The zero-order valence-corrected chi connectivity index (χ0v) is 18.6. The highest BCUT2D eigenvalue weighted by molar-refractivity contribution is 7.88. The van der Waals surface area contributed by atoms with E-state index in [4.69, 9.17) is 14.2 Å². The largest absolute Gasteiger partial charge is 0.497 e. The number of carbonyl (C=O) groups excluding carboxylic acids is 1. The van der Waals surface area contributed by atoms with Crippen LogP contribution in [0.1, 0.15) is 16.7 Å². The normalized spacial score (nSPS) is 14.3. The Hall–Kier alpha value is -2.62. The first-order valence-electron chi connectivity index (χ1n) is 10.0. The number of nitrogens with zero attached hydrogens (tertiary/aromatic N) is 1. The summed E-state index contributed by atoms with van der Waals surface area (Å²) in [6.07, 6.45) is 0.294. The van der Waals surface area contributed by atoms with Crippen LogP contribution in [0.15, 0.2) is 42.5 Å². The van der Waals surface area contributed by atoms with Gasteiger partial charge in [0.2, 0.25) is 15.9 Å². The minimum atomic E-state index is -3.55. The Balaban J connectivity index is 1.55. The molecule has 9 heteroatoms. The van der Waals surface area contributed by atoms with Crippen molar-refractivity contribution in [1.82, 2.24) is 9.62 Å². The second-order valence-electron chi connectivity index (χ2n) is 7.24. The van der Waals surface area contributed by atoms with Crippen LogP contribution in [0.5, 0.6) is 11.5 Å². The molecule has 2 aromatic carbocycles. The van der Waals surface area contributed by atoms with Gasteiger partial charge in [-0.15, -0.1) is 0 Å². The number of carbonyl (C=O) groups is 1. The van der Waals surface area contributed by atoms with Crippen molar-refractivity contribution in [2.24, 2.45) is 0 Å². The standard InChI is InChI=1S/C22H28N2O6S/c1-28-20-8-7-19(21(14-20)29-2)15-23-31(26,27)16-18-5-3-17(4-6-18)13-22(25)24-9-11-30-12-10-24/h3-8,14,23H,9-13,15-16H2,1-2H3. The zero-order valence-electron chi connectivity index (χ0n) is 17.8. The molecule has 168 valence electrons. The van der Waals surface area contributed by atoms with E-state index in [0.717, 1.165) is 5.56 Å². The third kappa shape index (κ3) is 6.68. The molecule has 1 aliphatic heterocycles. The topological polar surface area (TPSA) is 94.2 Å². The summed E-state index contributed by atoms with van der Waals surface area (Å²) in [6, 6.07) is 12.3. The molecule has 8 nitrogen and oxygen atoms in total. The van der Waals surface area contributed by atoms with Gasteiger partial charge in [0.25, 0.3) is 0 Å². The number of rotatable bonds is 9. The highest BCUT2D eigenvalue weighted by Crippen LogP contribution is 2.24. The predicted molar refractivity (Wildman–Crippen MR) is 117 cm³/mol. The molecule has 1 N–H and O–H groups in total. The Labute approximate surface area is 183 Å². The van der Waals surface area contributed by atoms with Crippen LogP contribution in [-0.2, 0) is 38.3 Å². The van der Waals surface area contributed by atoms with Gasteiger partial charge in [-0.25, -0.2) is 13.1 Å². The van der Waals surface area contributed by atoms with E-state index in [-0.39, 0.29) is 18.2 Å². The van der Waals surface area contributed by atoms with E-state index >= 15 is 0 Å². The number of amides is 1. The van der Waals surface area contributed by atoms with Gasteiger partial charge in [0.1, 0.15) is 11.5 Å². The number of methoxy groups -OCH3 is 2. The van der Waals surface area contributed by atoms with E-state index in [9.17, 15) is 13.2 Å². The molecule has 31 heavy (non-hydrogen) atoms. The average molecular weight is 449 g/mol. The van der Waals surface area contributed by atoms with Crippen molar-refractivity contribution in [3.63, 3.8) is 0 Å². The second-order valence-corrected chi connectivity index (χ2v) is 9.05. The zero-order chi connectivity index (χ0) is 22.3. The molecule has 1 amide bonds. The number of benzene rings is 2. The average Bonchev–Trinajstić information content (AvgIpc) is 2.79. The Kier molecular flexibility index (Phi) is 7.89. The van der Waals surface area contributed by atoms with Crippen LogP contribution in [0.2, 0.25) is 0 Å². The number of hydrogen-bond acceptors (Lipinski definition) is 6. The van der Waals surface area contributed by atoms with Crippen molar-refractivity contribution in [1.29, 1.82) is 0 Å². The number of hydrogen-bond donors (Lipinski definition) is 1. The number of morpholine rings is 1. The maximum Gasteiger partial charge on any atom is 0.227 e. The van der Waals surface area contributed by atoms with Crippen molar-refractivity contribution in [2.75, 3.05) is 40.5 Å². The number of sulfonamides is 1. The molecule has 0 saturated carbocycles. The molecule has 3 rings (SSSR count). The molecule has 0 atom stereocenters. The first-order valence-corrected chi connectivity index (χ1v) is 11.7. The Bertz CT molecular complexity index is 986. The maximum atomic E-state index is 12.5. The predicted octanol–water partition coefficient (Wildman–Crippen LogP) is 1.72. The summed E-state index contributed by atoms with van der Waals surface area (Å²) in [7, 11) is -0.470. The summed E-state index contributed by atoms with van der Waals surface area (Å²) in [5.74, 6) is 1.09. The van der Waals surface area contributed by atoms with Gasteiger partial charge in [-0.2, -0.15) is 0 Å². The van der Waals surface area contributed by atoms with Crippen molar-refractivity contribution in [3.8, 4) is 11.5 Å². The lowest BCUT2D eigenvalue weighted by Crippen LogP contribution is -2.41. The van der Waals surface area contributed by atoms with E-state index in [0.29, 0.717) is 55.4 Å². The number of nitrogens with one attached hydrogen (secondary N) is 1. The molecule has 1 aliphatic rings. The molecular weight excluding hydrogens is 420 g/mol. The fourth-order valence-corrected chi connectivity index (χ4v) is 4.42. The van der Waals surface area contributed by atoms with Crippen LogP contribution in [-0.4, -0.2) is 59.7 Å². The van der Waals surface area contributed by atoms with Gasteiger partial charge in [-0.3, -0.25) is 4.79 Å². The summed E-state index contributed by atoms with van der Waals surface area (Å²) < 4.78 is 43.4. The van der Waals surface area contributed by atoms with E-state index in [1.807, 2.05) is 0 Å². The fraction of sp³-hybridized carbons (Fsp3) is 0.409. The van der Waals surface area contributed by atoms with Crippen LogP contribution >= 0.6 is 0 Å². The van der Waals surface area contributed by atoms with Gasteiger partial charge in [0.15, 0.2) is 0 Å². The minimum absolute atomic E-state index is 0.0544. The Morgan fingerprint density at radius 2 is 1.71 bits per heavy atom. The number of ether oxygens (including phenoxy) is 3. The lowest BCUT2D eigenvalue weighted by atomic mass is 10.1. The molecular formula is C22H28N2O6S. The highest BCUT2D eigenvalue weighted by Gasteiger charge is 2.17. The van der Waals surface area contributed by atoms with Crippen LogP contribution in [0.3, 0.4) is 0 Å². The van der Waals surface area contributed by atoms with Gasteiger partial charge in [-0.1, -0.05) is 30.3 Å². The van der Waals surface area contributed by atoms with Crippen molar-refractivity contribution in [3.05, 3.63) is 59.2 Å². The summed E-state index contributed by atoms with van der Waals surface area (Å²) in [5.41, 5.74) is 2.22. The highest BCUT2D eigenvalue weighted by atomic mass is 32.2. The molecule has 0 bridgehead atoms. The Morgan fingerprint density at radius 3 is 2.35 bits per heavy atom. The lowest BCUT2D eigenvalue weighted by Gasteiger charge is -2.26. The smallest absolute Gasteiger partial charge is 0.227 e. The molecule has 0 spiro atoms. The molecule has 2 aromatic rings. The van der Waals surface area contributed by atoms with Crippen LogP contribution in [0, 0.1) is 0 Å². The van der Waals surface area contributed by atoms with Gasteiger partial charge in [0, 0.05) is 31.3 Å². The fourth-order valence-electron chi connectivity index (χ4n) is 3.31. The molecule has 0 radical (unpaired) electrons. The molecule has 1 saturated heterocycles. The van der Waals surface area contributed by atoms with Gasteiger partial charge in [0.05, 0.1) is 39.6 Å². The van der Waals surface area contributed by atoms with Crippen molar-refractivity contribution < 1.29 is 27.4 Å². The van der Waals surface area contributed by atoms with E-state index in [2.05, 4.69) is 4.72 Å². The monoisotopic (exact) mass is 448 g/mol. The van der Waals surface area contributed by atoms with Gasteiger partial charge < -0.3 is 19.1 Å². The summed E-state index contributed by atoms with van der Waals surface area (Å²) in [6.45, 7) is 2.47. The molecule has 1 fully saturated rings. The third-order valence-electron chi connectivity index (χ3n) is 5.08. The van der Waals surface area contributed by atoms with E-state index in [1.165, 1.54) is 7.11 Å². The first kappa shape index (κ1) is 23.1. The summed E-state index contributed by atoms with van der Waals surface area (Å²) in [5, 5.41) is 0. The summed E-state index contributed by atoms with van der Waals surface area (Å²) in [4.78, 5) is 14.1. The van der Waals surface area contributed by atoms with Crippen LogP contribution in [0.4, 0.5) is 0 Å². The van der Waals surface area contributed by atoms with Crippen LogP contribution in [0.25, 0.3) is 0 Å². The lowest BCUT2D eigenvalue weighted by molar-refractivity contribution is -0.134. The van der Waals surface area contributed by atoms with E-state index < -0.39 is 10.0 Å². The first-order chi connectivity index (χ1) is 14.9. The SMILES string of the molecule is COc1ccc(CNS(=O)(=O)Cc2ccc(CC(=O)N3CCOCC3)cc2)c(OC)c1. The van der Waals surface area contributed by atoms with Gasteiger partial charge >= 0.3 is 0 Å². The quantitative estimate of drug-likeness (QED) is 0.628.